The number of anilines is 1. The van der Waals surface area contributed by atoms with Crippen molar-refractivity contribution < 1.29 is 18.9 Å². The minimum Gasteiger partial charge on any atom is -0.322 e. The van der Waals surface area contributed by atoms with Gasteiger partial charge in [-0.25, -0.2) is 9.59 Å². The third-order valence-electron chi connectivity index (χ3n) is 8.15. The molecule has 5 rings (SSSR count). The van der Waals surface area contributed by atoms with Crippen LogP contribution in [0.3, 0.4) is 0 Å². The van der Waals surface area contributed by atoms with Crippen LogP contribution in [0.2, 0.25) is 0 Å². The number of urea groups is 1. The van der Waals surface area contributed by atoms with Crippen molar-refractivity contribution in [3.8, 4) is 5.69 Å². The molecule has 1 saturated heterocycles. The molecule has 2 fully saturated rings. The molecule has 6 nitrogen and oxygen atoms in total. The summed E-state index contributed by atoms with van der Waals surface area (Å²) in [7, 11) is 0. The van der Waals surface area contributed by atoms with Gasteiger partial charge < -0.3 is 4.57 Å². The number of quaternary nitrogens is 1. The molecule has 3 aromatic rings. The maximum Gasteiger partial charge on any atom is 0.428 e. The van der Waals surface area contributed by atoms with E-state index >= 15 is 0 Å². The number of carbonyl (C=O) groups is 3. The minimum atomic E-state index is -0.447. The molecule has 0 bridgehead atoms. The average molecular weight is 485 g/mol. The van der Waals surface area contributed by atoms with Gasteiger partial charge in [0.1, 0.15) is 6.04 Å². The zero-order chi connectivity index (χ0) is 25.1. The van der Waals surface area contributed by atoms with Crippen LogP contribution in [-0.2, 0) is 4.79 Å². The van der Waals surface area contributed by atoms with Gasteiger partial charge in [-0.1, -0.05) is 55.3 Å². The quantitative estimate of drug-likeness (QED) is 0.345. The molecule has 36 heavy (non-hydrogen) atoms. The monoisotopic (exact) mass is 484 g/mol. The van der Waals surface area contributed by atoms with Crippen molar-refractivity contribution in [2.24, 2.45) is 11.8 Å². The van der Waals surface area contributed by atoms with Crippen LogP contribution in [0.25, 0.3) is 5.69 Å². The second kappa shape index (κ2) is 10.2. The zero-order valence-corrected chi connectivity index (χ0v) is 20.8. The van der Waals surface area contributed by atoms with Crippen LogP contribution < -0.4 is 5.32 Å². The van der Waals surface area contributed by atoms with E-state index in [-0.39, 0.29) is 34.2 Å². The van der Waals surface area contributed by atoms with Crippen LogP contribution in [-0.4, -0.2) is 39.4 Å². The molecule has 186 valence electrons. The number of hydrogen-bond acceptors (Lipinski definition) is 3. The number of para-hydroxylation sites is 2. The van der Waals surface area contributed by atoms with E-state index in [0.29, 0.717) is 30.6 Å². The van der Waals surface area contributed by atoms with Gasteiger partial charge in [0, 0.05) is 36.7 Å². The fourth-order valence-electron chi connectivity index (χ4n) is 6.17. The number of hydrogen-bond donors (Lipinski definition) is 1. The first-order chi connectivity index (χ1) is 17.5. The number of amides is 3. The van der Waals surface area contributed by atoms with Crippen molar-refractivity contribution in [3.63, 3.8) is 0 Å². The van der Waals surface area contributed by atoms with E-state index in [9.17, 15) is 14.4 Å². The number of likely N-dealkylation sites (tertiary alicyclic amines) is 1. The molecule has 2 aromatic carbocycles. The summed E-state index contributed by atoms with van der Waals surface area (Å²) in [6.45, 7) is 2.47. The highest BCUT2D eigenvalue weighted by Gasteiger charge is 2.56. The van der Waals surface area contributed by atoms with E-state index in [1.165, 1.54) is 0 Å². The molecule has 1 aromatic heterocycles. The lowest BCUT2D eigenvalue weighted by Gasteiger charge is -2.38. The van der Waals surface area contributed by atoms with Crippen molar-refractivity contribution >= 4 is 23.4 Å². The van der Waals surface area contributed by atoms with Crippen molar-refractivity contribution in [1.29, 1.82) is 0 Å². The van der Waals surface area contributed by atoms with Crippen molar-refractivity contribution in [2.75, 3.05) is 11.9 Å². The summed E-state index contributed by atoms with van der Waals surface area (Å²) in [6, 6.07) is 20.4. The Kier molecular flexibility index (Phi) is 6.88. The Hall–Kier alpha value is -3.51. The molecule has 2 aliphatic rings. The number of carbonyl (C=O) groups excluding carboxylic acids is 3. The number of nitrogens with zero attached hydrogens (tertiary/aromatic N) is 2. The molecule has 0 spiro atoms. The van der Waals surface area contributed by atoms with Gasteiger partial charge in [-0.05, 0) is 44.0 Å². The normalized spacial score (nSPS) is 25.9. The number of ketones is 1. The van der Waals surface area contributed by atoms with Gasteiger partial charge in [0.25, 0.3) is 0 Å². The van der Waals surface area contributed by atoms with Crippen LogP contribution in [0, 0.1) is 11.8 Å². The van der Waals surface area contributed by atoms with Gasteiger partial charge in [-0.3, -0.25) is 10.1 Å². The van der Waals surface area contributed by atoms with Gasteiger partial charge in [0.2, 0.25) is 0 Å². The number of imide groups is 1. The SMILES string of the molecule is C[C@@H]1CCC[N+]1(C(=O)Nc1ccccc1-n1cccc1)C(=O)[C@@H]1CCCC[C@H]1C(=O)c1ccccc1. The van der Waals surface area contributed by atoms with E-state index in [2.05, 4.69) is 5.32 Å². The van der Waals surface area contributed by atoms with Crippen LogP contribution in [0.4, 0.5) is 10.5 Å². The lowest BCUT2D eigenvalue weighted by Crippen LogP contribution is -2.63. The van der Waals surface area contributed by atoms with E-state index in [1.807, 2.05) is 90.6 Å². The summed E-state index contributed by atoms with van der Waals surface area (Å²) >= 11 is 0. The molecular weight excluding hydrogens is 450 g/mol. The lowest BCUT2D eigenvalue weighted by atomic mass is 9.74. The first kappa shape index (κ1) is 24.2. The Labute approximate surface area is 212 Å². The topological polar surface area (TPSA) is 68.2 Å². The molecule has 6 heteroatoms. The molecule has 4 atom stereocenters. The van der Waals surface area contributed by atoms with Gasteiger partial charge in [0.15, 0.2) is 5.78 Å². The second-order valence-corrected chi connectivity index (χ2v) is 10.2. The Morgan fingerprint density at radius 2 is 1.47 bits per heavy atom. The van der Waals surface area contributed by atoms with Gasteiger partial charge in [-0.2, -0.15) is 4.48 Å². The molecule has 1 saturated carbocycles. The van der Waals surface area contributed by atoms with Gasteiger partial charge in [-0.15, -0.1) is 0 Å². The fourth-order valence-corrected chi connectivity index (χ4v) is 6.17. The number of nitrogens with one attached hydrogen (secondary N) is 1. The van der Waals surface area contributed by atoms with E-state index in [4.69, 9.17) is 0 Å². The molecule has 3 amide bonds. The largest absolute Gasteiger partial charge is 0.428 e. The Bertz CT molecular complexity index is 1240. The third kappa shape index (κ3) is 4.30. The highest BCUT2D eigenvalue weighted by Crippen LogP contribution is 2.39. The van der Waals surface area contributed by atoms with Crippen molar-refractivity contribution in [1.82, 2.24) is 4.57 Å². The van der Waals surface area contributed by atoms with Crippen molar-refractivity contribution in [2.45, 2.75) is 51.5 Å². The standard InChI is InChI=1S/C30H33N3O3/c1-22-12-11-21-33(22,30(36)31-26-17-7-8-18-27(26)32-19-9-10-20-32)29(35)25-16-6-5-15-24(25)28(34)23-13-3-2-4-14-23/h2-4,7-10,13-14,17-20,22,24-25H,5-6,11-12,15-16,21H2,1H3/p+1/t22-,24-,25-,33?/m1/s1. The molecule has 1 N–H and O–H groups in total. The third-order valence-corrected chi connectivity index (χ3v) is 8.15. The lowest BCUT2D eigenvalue weighted by molar-refractivity contribution is -0.784. The van der Waals surface area contributed by atoms with Crippen LogP contribution in [0.15, 0.2) is 79.1 Å². The van der Waals surface area contributed by atoms with E-state index in [0.717, 1.165) is 31.4 Å². The second-order valence-electron chi connectivity index (χ2n) is 10.2. The summed E-state index contributed by atoms with van der Waals surface area (Å²) in [6.07, 6.45) is 8.66. The molecule has 0 radical (unpaired) electrons. The van der Waals surface area contributed by atoms with Crippen LogP contribution >= 0.6 is 0 Å². The summed E-state index contributed by atoms with van der Waals surface area (Å²) in [5, 5.41) is 3.11. The summed E-state index contributed by atoms with van der Waals surface area (Å²) in [5.41, 5.74) is 2.17. The van der Waals surface area contributed by atoms with Gasteiger partial charge in [0.05, 0.1) is 23.8 Å². The zero-order valence-electron chi connectivity index (χ0n) is 20.8. The highest BCUT2D eigenvalue weighted by molar-refractivity contribution is 6.01. The Balaban J connectivity index is 1.46. The first-order valence-electron chi connectivity index (χ1n) is 13.1. The Morgan fingerprint density at radius 1 is 0.806 bits per heavy atom. The predicted molar refractivity (Wildman–Crippen MR) is 140 cm³/mol. The smallest absolute Gasteiger partial charge is 0.322 e. The molecule has 1 unspecified atom stereocenters. The summed E-state index contributed by atoms with van der Waals surface area (Å²) in [4.78, 5) is 41.9. The fraction of sp³-hybridized carbons (Fsp3) is 0.367. The molecule has 1 aliphatic carbocycles. The Morgan fingerprint density at radius 3 is 2.17 bits per heavy atom. The highest BCUT2D eigenvalue weighted by atomic mass is 16.2. The van der Waals surface area contributed by atoms with Gasteiger partial charge >= 0.3 is 11.9 Å². The average Bonchev–Trinajstić information content (AvgIpc) is 3.59. The van der Waals surface area contributed by atoms with Crippen molar-refractivity contribution in [3.05, 3.63) is 84.7 Å². The maximum absolute atomic E-state index is 14.4. The molecule has 1 aliphatic heterocycles. The van der Waals surface area contributed by atoms with E-state index in [1.54, 1.807) is 0 Å². The predicted octanol–water partition coefficient (Wildman–Crippen LogP) is 6.22. The van der Waals surface area contributed by atoms with Crippen LogP contribution in [0.5, 0.6) is 0 Å². The number of benzene rings is 2. The van der Waals surface area contributed by atoms with E-state index < -0.39 is 5.92 Å². The summed E-state index contributed by atoms with van der Waals surface area (Å²) in [5.74, 6) is -0.893. The number of Topliss-reactive ketones (excluding diaryl/α,β-unsaturated/α-hetero) is 1. The summed E-state index contributed by atoms with van der Waals surface area (Å²) < 4.78 is 1.72. The minimum absolute atomic E-state index is 0.0250. The van der Waals surface area contributed by atoms with Crippen LogP contribution in [0.1, 0.15) is 55.8 Å². The molecular formula is C30H34N3O3+. The number of aromatic nitrogens is 1. The number of rotatable bonds is 5. The first-order valence-corrected chi connectivity index (χ1v) is 13.1. The maximum atomic E-state index is 14.4. The molecule has 2 heterocycles.